The minimum atomic E-state index is -4.44. The molecule has 0 saturated heterocycles. The number of allylic oxidation sites excluding steroid dienone is 8. The third-order valence-electron chi connectivity index (χ3n) is 3.71. The van der Waals surface area contributed by atoms with Crippen LogP contribution in [-0.2, 0) is 9.53 Å². The topological polar surface area (TPSA) is 26.3 Å². The molecule has 0 saturated carbocycles. The molecule has 0 aromatic carbocycles. The van der Waals surface area contributed by atoms with Crippen LogP contribution in [0.3, 0.4) is 0 Å². The molecule has 2 nitrogen and oxygen atoms in total. The monoisotopic (exact) mass is 364 g/mol. The van der Waals surface area contributed by atoms with Gasteiger partial charge in [-0.05, 0) is 31.2 Å². The molecule has 0 N–H and O–H groups in total. The van der Waals surface area contributed by atoms with Crippen molar-refractivity contribution in [2.45, 2.75) is 19.5 Å². The molecule has 0 fully saturated rings. The quantitative estimate of drug-likeness (QED) is 0.308. The number of hydrogen-bond acceptors (Lipinski definition) is 2. The van der Waals surface area contributed by atoms with E-state index in [0.29, 0.717) is 17.6 Å². The SMILES string of the molecule is C=C(C#CC1C=C2OCC(C=O)=CC2=C(F)C1)/C=C\C(=C/C)C(F)(F)F. The number of alkyl halides is 3. The fraction of sp³-hybridized carbons (Fsp3) is 0.250. The van der Waals surface area contributed by atoms with Crippen LogP contribution in [-0.4, -0.2) is 19.1 Å². The van der Waals surface area contributed by atoms with Gasteiger partial charge < -0.3 is 4.74 Å². The standard InChI is InChI=1S/C20H16F4O2/c1-3-16(20(22,23)24)7-5-13(2)4-6-14-9-18(21)17-8-15(11-25)12-26-19(17)10-14/h3,5,7-8,10-11,14H,2,9,12H2,1H3/b7-5-,16-3+. The molecule has 1 aliphatic carbocycles. The summed E-state index contributed by atoms with van der Waals surface area (Å²) in [6, 6.07) is 0. The maximum absolute atomic E-state index is 14.2. The van der Waals surface area contributed by atoms with Crippen LogP contribution >= 0.6 is 0 Å². The number of carbonyl (C=O) groups is 1. The van der Waals surface area contributed by atoms with Gasteiger partial charge in [0.15, 0.2) is 0 Å². The molecule has 1 aliphatic heterocycles. The van der Waals surface area contributed by atoms with Crippen molar-refractivity contribution < 1.29 is 27.1 Å². The number of ether oxygens (including phenoxy) is 1. The van der Waals surface area contributed by atoms with E-state index in [4.69, 9.17) is 4.74 Å². The molecule has 136 valence electrons. The highest BCUT2D eigenvalue weighted by Crippen LogP contribution is 2.34. The van der Waals surface area contributed by atoms with E-state index in [1.807, 2.05) is 0 Å². The molecule has 0 spiro atoms. The molecule has 1 heterocycles. The Morgan fingerprint density at radius 3 is 2.73 bits per heavy atom. The molecule has 0 bridgehead atoms. The highest BCUT2D eigenvalue weighted by atomic mass is 19.4. The summed E-state index contributed by atoms with van der Waals surface area (Å²) in [7, 11) is 0. The van der Waals surface area contributed by atoms with Gasteiger partial charge in [0.05, 0.1) is 5.57 Å². The average Bonchev–Trinajstić information content (AvgIpc) is 2.59. The van der Waals surface area contributed by atoms with Crippen molar-refractivity contribution >= 4 is 6.29 Å². The third-order valence-corrected chi connectivity index (χ3v) is 3.71. The summed E-state index contributed by atoms with van der Waals surface area (Å²) in [4.78, 5) is 10.8. The summed E-state index contributed by atoms with van der Waals surface area (Å²) in [5.41, 5.74) is -0.0417. The Morgan fingerprint density at radius 2 is 2.12 bits per heavy atom. The van der Waals surface area contributed by atoms with E-state index in [-0.39, 0.29) is 24.2 Å². The van der Waals surface area contributed by atoms with Gasteiger partial charge in [-0.25, -0.2) is 4.39 Å². The van der Waals surface area contributed by atoms with Gasteiger partial charge in [0.1, 0.15) is 24.5 Å². The van der Waals surface area contributed by atoms with Gasteiger partial charge in [0.2, 0.25) is 0 Å². The molecule has 6 heteroatoms. The van der Waals surface area contributed by atoms with Crippen molar-refractivity contribution in [3.8, 4) is 11.8 Å². The number of carbonyl (C=O) groups excluding carboxylic acids is 1. The van der Waals surface area contributed by atoms with Crippen LogP contribution in [0.25, 0.3) is 0 Å². The second-order valence-corrected chi connectivity index (χ2v) is 5.66. The molecule has 0 amide bonds. The molecule has 2 rings (SSSR count). The van der Waals surface area contributed by atoms with E-state index in [1.54, 1.807) is 6.08 Å². The summed E-state index contributed by atoms with van der Waals surface area (Å²) < 4.78 is 57.4. The van der Waals surface area contributed by atoms with Crippen LogP contribution in [0.15, 0.2) is 70.8 Å². The number of fused-ring (bicyclic) bond motifs is 1. The van der Waals surface area contributed by atoms with Crippen LogP contribution in [0.1, 0.15) is 13.3 Å². The Balaban J connectivity index is 2.10. The molecule has 0 aromatic rings. The molecule has 0 radical (unpaired) electrons. The lowest BCUT2D eigenvalue weighted by molar-refractivity contribution is -0.105. The fourth-order valence-electron chi connectivity index (χ4n) is 2.36. The Bertz CT molecular complexity index is 824. The highest BCUT2D eigenvalue weighted by Gasteiger charge is 2.30. The molecular weight excluding hydrogens is 348 g/mol. The summed E-state index contributed by atoms with van der Waals surface area (Å²) >= 11 is 0. The zero-order valence-corrected chi connectivity index (χ0v) is 14.0. The van der Waals surface area contributed by atoms with Crippen molar-refractivity contribution in [3.05, 3.63) is 70.8 Å². The first-order valence-corrected chi connectivity index (χ1v) is 7.76. The molecule has 1 atom stereocenters. The molecule has 0 aromatic heterocycles. The molecular formula is C20H16F4O2. The van der Waals surface area contributed by atoms with Crippen molar-refractivity contribution in [1.82, 2.24) is 0 Å². The number of hydrogen-bond donors (Lipinski definition) is 0. The van der Waals surface area contributed by atoms with Crippen molar-refractivity contribution in [3.63, 3.8) is 0 Å². The Labute approximate surface area is 148 Å². The summed E-state index contributed by atoms with van der Waals surface area (Å²) in [5.74, 6) is 4.77. The van der Waals surface area contributed by atoms with Crippen LogP contribution in [0, 0.1) is 17.8 Å². The van der Waals surface area contributed by atoms with E-state index in [2.05, 4.69) is 18.4 Å². The van der Waals surface area contributed by atoms with E-state index in [1.165, 1.54) is 19.1 Å². The van der Waals surface area contributed by atoms with Crippen LogP contribution in [0.2, 0.25) is 0 Å². The molecule has 26 heavy (non-hydrogen) atoms. The van der Waals surface area contributed by atoms with Gasteiger partial charge in [0.25, 0.3) is 0 Å². The van der Waals surface area contributed by atoms with Crippen molar-refractivity contribution in [2.75, 3.05) is 6.61 Å². The van der Waals surface area contributed by atoms with E-state index >= 15 is 0 Å². The molecule has 2 aliphatic rings. The largest absolute Gasteiger partial charge is 0.488 e. The Hall–Kier alpha value is -2.81. The van der Waals surface area contributed by atoms with Gasteiger partial charge in [0, 0.05) is 29.1 Å². The maximum Gasteiger partial charge on any atom is 0.416 e. The number of rotatable bonds is 3. The Morgan fingerprint density at radius 1 is 1.38 bits per heavy atom. The van der Waals surface area contributed by atoms with Gasteiger partial charge in [-0.2, -0.15) is 13.2 Å². The predicted octanol–water partition coefficient (Wildman–Crippen LogP) is 4.89. The van der Waals surface area contributed by atoms with Gasteiger partial charge in [-0.15, -0.1) is 0 Å². The second kappa shape index (κ2) is 8.05. The highest BCUT2D eigenvalue weighted by molar-refractivity contribution is 5.76. The third kappa shape index (κ3) is 4.85. The normalized spacial score (nSPS) is 20.5. The first-order valence-electron chi connectivity index (χ1n) is 7.76. The van der Waals surface area contributed by atoms with Gasteiger partial charge >= 0.3 is 6.18 Å². The number of halogens is 4. The van der Waals surface area contributed by atoms with Gasteiger partial charge in [-0.3, -0.25) is 4.79 Å². The van der Waals surface area contributed by atoms with Crippen LogP contribution < -0.4 is 0 Å². The molecule has 1 unspecified atom stereocenters. The smallest absolute Gasteiger partial charge is 0.416 e. The lowest BCUT2D eigenvalue weighted by Crippen LogP contribution is -2.14. The lowest BCUT2D eigenvalue weighted by Gasteiger charge is -2.23. The first-order chi connectivity index (χ1) is 12.2. The van der Waals surface area contributed by atoms with E-state index in [0.717, 1.165) is 12.2 Å². The van der Waals surface area contributed by atoms with E-state index in [9.17, 15) is 22.4 Å². The van der Waals surface area contributed by atoms with E-state index < -0.39 is 23.5 Å². The first kappa shape index (κ1) is 19.5. The lowest BCUT2D eigenvalue weighted by atomic mass is 9.92. The van der Waals surface area contributed by atoms with Gasteiger partial charge in [-0.1, -0.05) is 24.5 Å². The second-order valence-electron chi connectivity index (χ2n) is 5.66. The zero-order chi connectivity index (χ0) is 19.3. The predicted molar refractivity (Wildman–Crippen MR) is 90.3 cm³/mol. The van der Waals surface area contributed by atoms with Crippen molar-refractivity contribution in [1.29, 1.82) is 0 Å². The maximum atomic E-state index is 14.2. The zero-order valence-electron chi connectivity index (χ0n) is 14.0. The minimum Gasteiger partial charge on any atom is -0.488 e. The minimum absolute atomic E-state index is 0.00249. The van der Waals surface area contributed by atoms with Crippen LogP contribution in [0.4, 0.5) is 17.6 Å². The number of aldehydes is 1. The summed E-state index contributed by atoms with van der Waals surface area (Å²) in [6.07, 6.45) is 2.25. The average molecular weight is 364 g/mol. The summed E-state index contributed by atoms with van der Waals surface area (Å²) in [5, 5.41) is 0. The van der Waals surface area contributed by atoms with Crippen LogP contribution in [0.5, 0.6) is 0 Å². The fourth-order valence-corrected chi connectivity index (χ4v) is 2.36. The van der Waals surface area contributed by atoms with Crippen molar-refractivity contribution in [2.24, 2.45) is 5.92 Å². The summed E-state index contributed by atoms with van der Waals surface area (Å²) in [6.45, 7) is 4.94. The Kier molecular flexibility index (Phi) is 6.04.